The number of amides is 1. The lowest BCUT2D eigenvalue weighted by Crippen LogP contribution is -2.38. The van der Waals surface area contributed by atoms with Crippen molar-refractivity contribution in [2.45, 2.75) is 25.7 Å². The summed E-state index contributed by atoms with van der Waals surface area (Å²) >= 11 is 0. The molecule has 0 saturated carbocycles. The first-order valence-corrected chi connectivity index (χ1v) is 4.94. The molecule has 1 amide bonds. The molecule has 0 aromatic carbocycles. The third kappa shape index (κ3) is 2.08. The maximum Gasteiger partial charge on any atom is 0.407 e. The van der Waals surface area contributed by atoms with E-state index in [9.17, 15) is 4.79 Å². The van der Waals surface area contributed by atoms with Gasteiger partial charge in [0.05, 0.1) is 5.92 Å². The molecule has 2 rings (SSSR count). The molecule has 1 aliphatic heterocycles. The minimum atomic E-state index is -0.879. The largest absolute Gasteiger partial charge is 0.465 e. The molecule has 6 heteroatoms. The van der Waals surface area contributed by atoms with Gasteiger partial charge in [-0.25, -0.2) is 4.79 Å². The number of hydrogen-bond donors (Lipinski definition) is 1. The number of aryl methyl sites for hydroxylation is 1. The molecule has 1 aliphatic rings. The van der Waals surface area contributed by atoms with E-state index in [1.807, 2.05) is 0 Å². The van der Waals surface area contributed by atoms with Gasteiger partial charge < -0.3 is 14.4 Å². The van der Waals surface area contributed by atoms with Crippen LogP contribution in [0.15, 0.2) is 4.42 Å². The number of carbonyl (C=O) groups is 1. The molecule has 1 aromatic rings. The van der Waals surface area contributed by atoms with Crippen LogP contribution in [0.3, 0.4) is 0 Å². The smallest absolute Gasteiger partial charge is 0.407 e. The summed E-state index contributed by atoms with van der Waals surface area (Å²) in [6.07, 6.45) is 0.875. The minimum Gasteiger partial charge on any atom is -0.465 e. The first kappa shape index (κ1) is 9.95. The van der Waals surface area contributed by atoms with Crippen molar-refractivity contribution in [3.8, 4) is 0 Å². The van der Waals surface area contributed by atoms with Crippen molar-refractivity contribution in [2.75, 3.05) is 13.1 Å². The Morgan fingerprint density at radius 3 is 3.00 bits per heavy atom. The molecule has 2 heterocycles. The molecule has 0 aliphatic carbocycles. The first-order valence-electron chi connectivity index (χ1n) is 4.94. The molecule has 15 heavy (non-hydrogen) atoms. The van der Waals surface area contributed by atoms with E-state index in [-0.39, 0.29) is 5.92 Å². The molecule has 0 spiro atoms. The fourth-order valence-corrected chi connectivity index (χ4v) is 1.83. The van der Waals surface area contributed by atoms with E-state index in [0.29, 0.717) is 24.9 Å². The number of rotatable bonds is 1. The number of carboxylic acid groups (broad SMARTS) is 1. The van der Waals surface area contributed by atoms with Gasteiger partial charge in [-0.1, -0.05) is 0 Å². The Morgan fingerprint density at radius 1 is 1.60 bits per heavy atom. The van der Waals surface area contributed by atoms with Crippen molar-refractivity contribution in [3.05, 3.63) is 11.8 Å². The van der Waals surface area contributed by atoms with Crippen molar-refractivity contribution in [2.24, 2.45) is 0 Å². The summed E-state index contributed by atoms with van der Waals surface area (Å²) in [7, 11) is 0. The van der Waals surface area contributed by atoms with Crippen molar-refractivity contribution in [1.29, 1.82) is 0 Å². The van der Waals surface area contributed by atoms with E-state index in [1.165, 1.54) is 4.90 Å². The average Bonchev–Trinajstić information content (AvgIpc) is 2.65. The van der Waals surface area contributed by atoms with Gasteiger partial charge in [-0.05, 0) is 12.8 Å². The van der Waals surface area contributed by atoms with Crippen molar-refractivity contribution >= 4 is 6.09 Å². The van der Waals surface area contributed by atoms with Crippen LogP contribution in [-0.2, 0) is 0 Å². The van der Waals surface area contributed by atoms with Gasteiger partial charge in [0.15, 0.2) is 0 Å². The van der Waals surface area contributed by atoms with Crippen LogP contribution in [0.5, 0.6) is 0 Å². The number of likely N-dealkylation sites (tertiary alicyclic amines) is 1. The van der Waals surface area contributed by atoms with Gasteiger partial charge in [0.1, 0.15) is 0 Å². The summed E-state index contributed by atoms with van der Waals surface area (Å²) in [4.78, 5) is 12.2. The fourth-order valence-electron chi connectivity index (χ4n) is 1.83. The van der Waals surface area contributed by atoms with Crippen molar-refractivity contribution < 1.29 is 14.3 Å². The Bertz CT molecular complexity index is 363. The van der Waals surface area contributed by atoms with Gasteiger partial charge in [-0.3, -0.25) is 0 Å². The fraction of sp³-hybridized carbons (Fsp3) is 0.667. The van der Waals surface area contributed by atoms with Crippen LogP contribution in [0.2, 0.25) is 0 Å². The molecule has 1 N–H and O–H groups in total. The zero-order valence-corrected chi connectivity index (χ0v) is 8.51. The summed E-state index contributed by atoms with van der Waals surface area (Å²) < 4.78 is 5.31. The SMILES string of the molecule is Cc1nnc(C2CCCN(C(=O)O)C2)o1. The lowest BCUT2D eigenvalue weighted by Gasteiger charge is -2.28. The molecule has 82 valence electrons. The lowest BCUT2D eigenvalue weighted by atomic mass is 9.98. The molecule has 1 fully saturated rings. The normalized spacial score (nSPS) is 21.7. The molecule has 1 saturated heterocycles. The monoisotopic (exact) mass is 211 g/mol. The third-order valence-electron chi connectivity index (χ3n) is 2.58. The van der Waals surface area contributed by atoms with E-state index < -0.39 is 6.09 Å². The van der Waals surface area contributed by atoms with E-state index >= 15 is 0 Å². The Hall–Kier alpha value is -1.59. The van der Waals surface area contributed by atoms with Crippen molar-refractivity contribution in [3.63, 3.8) is 0 Å². The second kappa shape index (κ2) is 3.88. The molecule has 6 nitrogen and oxygen atoms in total. The van der Waals surface area contributed by atoms with Crippen LogP contribution in [0.1, 0.15) is 30.5 Å². The first-order chi connectivity index (χ1) is 7.16. The molecular formula is C9H13N3O3. The molecule has 0 radical (unpaired) electrons. The summed E-state index contributed by atoms with van der Waals surface area (Å²) in [6.45, 7) is 2.78. The lowest BCUT2D eigenvalue weighted by molar-refractivity contribution is 0.127. The zero-order chi connectivity index (χ0) is 10.8. The predicted molar refractivity (Wildman–Crippen MR) is 50.6 cm³/mol. The summed E-state index contributed by atoms with van der Waals surface area (Å²) in [5, 5.41) is 16.5. The van der Waals surface area contributed by atoms with Gasteiger partial charge in [-0.2, -0.15) is 0 Å². The van der Waals surface area contributed by atoms with E-state index in [2.05, 4.69) is 10.2 Å². The highest BCUT2D eigenvalue weighted by Crippen LogP contribution is 2.25. The third-order valence-corrected chi connectivity index (χ3v) is 2.58. The van der Waals surface area contributed by atoms with Crippen molar-refractivity contribution in [1.82, 2.24) is 15.1 Å². The van der Waals surface area contributed by atoms with Crippen LogP contribution >= 0.6 is 0 Å². The predicted octanol–water partition coefficient (Wildman–Crippen LogP) is 1.24. The highest BCUT2D eigenvalue weighted by Gasteiger charge is 2.27. The molecule has 0 bridgehead atoms. The topological polar surface area (TPSA) is 79.5 Å². The Kier molecular flexibility index (Phi) is 2.57. The van der Waals surface area contributed by atoms with Crippen LogP contribution in [0.25, 0.3) is 0 Å². The number of piperidine rings is 1. The summed E-state index contributed by atoms with van der Waals surface area (Å²) in [5.74, 6) is 1.13. The maximum atomic E-state index is 10.8. The standard InChI is InChI=1S/C9H13N3O3/c1-6-10-11-8(15-6)7-3-2-4-12(5-7)9(13)14/h7H,2-5H2,1H3,(H,13,14). The van der Waals surface area contributed by atoms with Crippen LogP contribution < -0.4 is 0 Å². The quantitative estimate of drug-likeness (QED) is 0.755. The molecular weight excluding hydrogens is 198 g/mol. The summed E-state index contributed by atoms with van der Waals surface area (Å²) in [5.41, 5.74) is 0. The maximum absolute atomic E-state index is 10.8. The van der Waals surface area contributed by atoms with Crippen LogP contribution in [0, 0.1) is 6.92 Å². The molecule has 1 unspecified atom stereocenters. The number of aromatic nitrogens is 2. The van der Waals surface area contributed by atoms with Gasteiger partial charge in [0, 0.05) is 20.0 Å². The Morgan fingerprint density at radius 2 is 2.40 bits per heavy atom. The zero-order valence-electron chi connectivity index (χ0n) is 8.51. The molecule has 1 atom stereocenters. The van der Waals surface area contributed by atoms with E-state index in [0.717, 1.165) is 12.8 Å². The van der Waals surface area contributed by atoms with E-state index in [4.69, 9.17) is 9.52 Å². The molecule has 1 aromatic heterocycles. The minimum absolute atomic E-state index is 0.0519. The Labute approximate surface area is 86.9 Å². The highest BCUT2D eigenvalue weighted by molar-refractivity contribution is 5.65. The van der Waals surface area contributed by atoms with Crippen LogP contribution in [0.4, 0.5) is 4.79 Å². The summed E-state index contributed by atoms with van der Waals surface area (Å²) in [6, 6.07) is 0. The highest BCUT2D eigenvalue weighted by atomic mass is 16.4. The number of nitrogens with zero attached hydrogens (tertiary/aromatic N) is 3. The second-order valence-corrected chi connectivity index (χ2v) is 3.73. The average molecular weight is 211 g/mol. The van der Waals surface area contributed by atoms with Crippen LogP contribution in [-0.4, -0.2) is 39.4 Å². The van der Waals surface area contributed by atoms with Gasteiger partial charge >= 0.3 is 6.09 Å². The second-order valence-electron chi connectivity index (χ2n) is 3.73. The number of hydrogen-bond acceptors (Lipinski definition) is 4. The van der Waals surface area contributed by atoms with Gasteiger partial charge in [0.2, 0.25) is 11.8 Å². The Balaban J connectivity index is 2.07. The van der Waals surface area contributed by atoms with Gasteiger partial charge in [0.25, 0.3) is 0 Å². The van der Waals surface area contributed by atoms with Gasteiger partial charge in [-0.15, -0.1) is 10.2 Å². The van der Waals surface area contributed by atoms with E-state index in [1.54, 1.807) is 6.92 Å².